The summed E-state index contributed by atoms with van der Waals surface area (Å²) in [5, 5.41) is 14.7. The highest BCUT2D eigenvalue weighted by molar-refractivity contribution is 6.31. The van der Waals surface area contributed by atoms with Crippen molar-refractivity contribution in [3.8, 4) is 0 Å². The van der Waals surface area contributed by atoms with Gasteiger partial charge in [0, 0.05) is 23.2 Å². The fourth-order valence-corrected chi connectivity index (χ4v) is 2.98. The molecular weight excluding hydrogens is 246 g/mol. The Labute approximate surface area is 114 Å². The molecule has 1 aromatic carbocycles. The predicted octanol–water partition coefficient (Wildman–Crippen LogP) is 3.47. The maximum Gasteiger partial charge on any atom is 0.101 e. The average molecular weight is 268 g/mol. The minimum Gasteiger partial charge on any atom is -0.384 e. The average Bonchev–Trinajstić information content (AvgIpc) is 2.38. The molecule has 1 atom stereocenters. The maximum absolute atomic E-state index is 10.6. The second-order valence-corrected chi connectivity index (χ2v) is 5.88. The summed E-state index contributed by atoms with van der Waals surface area (Å²) in [6.45, 7) is 2.38. The molecule has 0 bridgehead atoms. The van der Waals surface area contributed by atoms with E-state index < -0.39 is 5.60 Å². The second-order valence-electron chi connectivity index (χ2n) is 5.47. The van der Waals surface area contributed by atoms with Crippen molar-refractivity contribution in [1.82, 2.24) is 5.32 Å². The molecule has 2 rings (SSSR count). The number of aliphatic hydroxyl groups is 1. The van der Waals surface area contributed by atoms with E-state index in [0.717, 1.165) is 5.56 Å². The van der Waals surface area contributed by atoms with E-state index in [2.05, 4.69) is 5.32 Å². The molecule has 0 aromatic heterocycles. The highest BCUT2D eigenvalue weighted by Gasteiger charge is 2.26. The normalized spacial score (nSPS) is 20.6. The molecule has 1 fully saturated rings. The van der Waals surface area contributed by atoms with Crippen LogP contribution in [0.1, 0.15) is 44.6 Å². The Balaban J connectivity index is 1.96. The molecule has 0 amide bonds. The number of hydrogen-bond acceptors (Lipinski definition) is 2. The Morgan fingerprint density at radius 1 is 1.28 bits per heavy atom. The smallest absolute Gasteiger partial charge is 0.101 e. The zero-order valence-corrected chi connectivity index (χ0v) is 11.7. The fraction of sp³-hybridized carbons (Fsp3) is 0.600. The standard InChI is InChI=1S/C15H22ClNO/c1-15(18,13-9-5-6-10-14(13)16)11-17-12-7-3-2-4-8-12/h5-6,9-10,12,17-18H,2-4,7-8,11H2,1H3. The molecule has 0 heterocycles. The molecule has 0 aliphatic heterocycles. The summed E-state index contributed by atoms with van der Waals surface area (Å²) >= 11 is 6.14. The third kappa shape index (κ3) is 3.47. The van der Waals surface area contributed by atoms with Gasteiger partial charge in [0.1, 0.15) is 5.60 Å². The molecule has 1 aliphatic rings. The van der Waals surface area contributed by atoms with Crippen LogP contribution in [-0.2, 0) is 5.60 Å². The Bertz CT molecular complexity index is 386. The summed E-state index contributed by atoms with van der Waals surface area (Å²) in [6.07, 6.45) is 6.38. The third-order valence-corrected chi connectivity index (χ3v) is 4.12. The molecule has 100 valence electrons. The van der Waals surface area contributed by atoms with Crippen LogP contribution in [0, 0.1) is 0 Å². The topological polar surface area (TPSA) is 32.3 Å². The molecular formula is C15H22ClNO. The van der Waals surface area contributed by atoms with Gasteiger partial charge < -0.3 is 10.4 Å². The van der Waals surface area contributed by atoms with Crippen molar-refractivity contribution in [2.24, 2.45) is 0 Å². The lowest BCUT2D eigenvalue weighted by molar-refractivity contribution is 0.0523. The van der Waals surface area contributed by atoms with Crippen LogP contribution in [0.4, 0.5) is 0 Å². The summed E-state index contributed by atoms with van der Waals surface area (Å²) in [5.41, 5.74) is -0.106. The van der Waals surface area contributed by atoms with E-state index >= 15 is 0 Å². The van der Waals surface area contributed by atoms with E-state index in [1.54, 1.807) is 0 Å². The van der Waals surface area contributed by atoms with Gasteiger partial charge in [-0.3, -0.25) is 0 Å². The third-order valence-electron chi connectivity index (χ3n) is 3.79. The summed E-state index contributed by atoms with van der Waals surface area (Å²) < 4.78 is 0. The number of halogens is 1. The molecule has 1 unspecified atom stereocenters. The molecule has 1 saturated carbocycles. The summed E-state index contributed by atoms with van der Waals surface area (Å²) in [4.78, 5) is 0. The van der Waals surface area contributed by atoms with Gasteiger partial charge in [0.2, 0.25) is 0 Å². The van der Waals surface area contributed by atoms with Crippen molar-refractivity contribution in [1.29, 1.82) is 0 Å². The molecule has 0 spiro atoms. The summed E-state index contributed by atoms with van der Waals surface area (Å²) in [7, 11) is 0. The zero-order chi connectivity index (χ0) is 13.0. The molecule has 3 heteroatoms. The lowest BCUT2D eigenvalue weighted by Gasteiger charge is -2.30. The van der Waals surface area contributed by atoms with Crippen molar-refractivity contribution in [2.45, 2.75) is 50.7 Å². The Morgan fingerprint density at radius 2 is 1.94 bits per heavy atom. The largest absolute Gasteiger partial charge is 0.384 e. The van der Waals surface area contributed by atoms with Gasteiger partial charge in [0.25, 0.3) is 0 Å². The van der Waals surface area contributed by atoms with Crippen molar-refractivity contribution in [2.75, 3.05) is 6.54 Å². The van der Waals surface area contributed by atoms with Crippen LogP contribution in [0.5, 0.6) is 0 Å². The van der Waals surface area contributed by atoms with Gasteiger partial charge in [-0.15, -0.1) is 0 Å². The molecule has 0 saturated heterocycles. The first-order valence-corrected chi connectivity index (χ1v) is 7.18. The lowest BCUT2D eigenvalue weighted by atomic mass is 9.92. The Kier molecular flexibility index (Phi) is 4.66. The van der Waals surface area contributed by atoms with E-state index in [0.29, 0.717) is 17.6 Å². The van der Waals surface area contributed by atoms with Crippen LogP contribution in [0.3, 0.4) is 0 Å². The zero-order valence-electron chi connectivity index (χ0n) is 11.0. The van der Waals surface area contributed by atoms with Crippen LogP contribution < -0.4 is 5.32 Å². The number of nitrogens with one attached hydrogen (secondary N) is 1. The lowest BCUT2D eigenvalue weighted by Crippen LogP contribution is -2.41. The predicted molar refractivity (Wildman–Crippen MR) is 75.9 cm³/mol. The summed E-state index contributed by atoms with van der Waals surface area (Å²) in [6, 6.07) is 8.07. The SMILES string of the molecule is CC(O)(CNC1CCCCC1)c1ccccc1Cl. The van der Waals surface area contributed by atoms with Crippen LogP contribution in [0.2, 0.25) is 5.02 Å². The van der Waals surface area contributed by atoms with Crippen LogP contribution in [0.25, 0.3) is 0 Å². The minimum absolute atomic E-state index is 0.549. The van der Waals surface area contributed by atoms with Crippen molar-refractivity contribution in [3.05, 3.63) is 34.9 Å². The molecule has 1 aromatic rings. The Hall–Kier alpha value is -0.570. The van der Waals surface area contributed by atoms with Crippen LogP contribution in [0.15, 0.2) is 24.3 Å². The molecule has 18 heavy (non-hydrogen) atoms. The first-order valence-electron chi connectivity index (χ1n) is 6.80. The van der Waals surface area contributed by atoms with Gasteiger partial charge in [0.05, 0.1) is 0 Å². The highest BCUT2D eigenvalue weighted by atomic mass is 35.5. The second kappa shape index (κ2) is 6.05. The highest BCUT2D eigenvalue weighted by Crippen LogP contribution is 2.28. The van der Waals surface area contributed by atoms with Gasteiger partial charge in [-0.1, -0.05) is 49.1 Å². The number of hydrogen-bond donors (Lipinski definition) is 2. The minimum atomic E-state index is -0.907. The molecule has 1 aliphatic carbocycles. The summed E-state index contributed by atoms with van der Waals surface area (Å²) in [5.74, 6) is 0. The first-order chi connectivity index (χ1) is 8.59. The quantitative estimate of drug-likeness (QED) is 0.876. The van der Waals surface area contributed by atoms with Crippen LogP contribution >= 0.6 is 11.6 Å². The molecule has 2 N–H and O–H groups in total. The maximum atomic E-state index is 10.6. The molecule has 0 radical (unpaired) electrons. The van der Waals surface area contributed by atoms with E-state index in [1.807, 2.05) is 31.2 Å². The number of rotatable bonds is 4. The molecule has 2 nitrogen and oxygen atoms in total. The van der Waals surface area contributed by atoms with Crippen molar-refractivity contribution < 1.29 is 5.11 Å². The monoisotopic (exact) mass is 267 g/mol. The van der Waals surface area contributed by atoms with Crippen molar-refractivity contribution >= 4 is 11.6 Å². The van der Waals surface area contributed by atoms with E-state index in [-0.39, 0.29) is 0 Å². The van der Waals surface area contributed by atoms with E-state index in [9.17, 15) is 5.11 Å². The van der Waals surface area contributed by atoms with E-state index in [1.165, 1.54) is 32.1 Å². The Morgan fingerprint density at radius 3 is 2.61 bits per heavy atom. The van der Waals surface area contributed by atoms with Crippen LogP contribution in [-0.4, -0.2) is 17.7 Å². The van der Waals surface area contributed by atoms with Gasteiger partial charge in [-0.05, 0) is 25.8 Å². The van der Waals surface area contributed by atoms with Gasteiger partial charge in [-0.2, -0.15) is 0 Å². The van der Waals surface area contributed by atoms with Gasteiger partial charge in [0.15, 0.2) is 0 Å². The first kappa shape index (κ1) is 13.9. The fourth-order valence-electron chi connectivity index (χ4n) is 2.64. The van der Waals surface area contributed by atoms with Crippen molar-refractivity contribution in [3.63, 3.8) is 0 Å². The van der Waals surface area contributed by atoms with E-state index in [4.69, 9.17) is 11.6 Å². The van der Waals surface area contributed by atoms with Gasteiger partial charge >= 0.3 is 0 Å². The van der Waals surface area contributed by atoms with Gasteiger partial charge in [-0.25, -0.2) is 0 Å². The number of benzene rings is 1.